The molecule has 0 unspecified atom stereocenters. The number of phenolic OH excluding ortho intramolecular Hbond substituents is 1. The summed E-state index contributed by atoms with van der Waals surface area (Å²) in [6, 6.07) is 8.19. The zero-order valence-electron chi connectivity index (χ0n) is 14.4. The van der Waals surface area contributed by atoms with Gasteiger partial charge in [-0.3, -0.25) is 4.79 Å². The SMILES string of the molecule is COc1cc(-c2oc3cc(OC)c(/C=C/CO)cc3c2C=O)ccc1O. The van der Waals surface area contributed by atoms with Crippen molar-refractivity contribution in [3.63, 3.8) is 0 Å². The Balaban J connectivity index is 2.24. The molecule has 6 heteroatoms. The lowest BCUT2D eigenvalue weighted by molar-refractivity contribution is 0.112. The monoisotopic (exact) mass is 354 g/mol. The van der Waals surface area contributed by atoms with E-state index in [0.29, 0.717) is 39.2 Å². The number of methoxy groups -OCH3 is 2. The number of phenols is 1. The molecule has 0 saturated heterocycles. The average molecular weight is 354 g/mol. The van der Waals surface area contributed by atoms with Crippen LogP contribution in [0.2, 0.25) is 0 Å². The summed E-state index contributed by atoms with van der Waals surface area (Å²) in [5.74, 6) is 1.21. The lowest BCUT2D eigenvalue weighted by Crippen LogP contribution is -1.89. The number of fused-ring (bicyclic) bond motifs is 1. The quantitative estimate of drug-likeness (QED) is 0.657. The van der Waals surface area contributed by atoms with Crippen molar-refractivity contribution >= 4 is 23.3 Å². The van der Waals surface area contributed by atoms with Gasteiger partial charge in [0.05, 0.1) is 26.4 Å². The van der Waals surface area contributed by atoms with E-state index in [-0.39, 0.29) is 18.1 Å². The predicted molar refractivity (Wildman–Crippen MR) is 97.9 cm³/mol. The fourth-order valence-electron chi connectivity index (χ4n) is 2.80. The molecule has 134 valence electrons. The smallest absolute Gasteiger partial charge is 0.161 e. The molecular weight excluding hydrogens is 336 g/mol. The van der Waals surface area contributed by atoms with Crippen molar-refractivity contribution in [3.05, 3.63) is 47.5 Å². The van der Waals surface area contributed by atoms with Crippen LogP contribution in [-0.4, -0.2) is 37.3 Å². The number of aliphatic hydroxyl groups excluding tert-OH is 1. The van der Waals surface area contributed by atoms with E-state index in [4.69, 9.17) is 19.0 Å². The summed E-state index contributed by atoms with van der Waals surface area (Å²) in [7, 11) is 2.98. The summed E-state index contributed by atoms with van der Waals surface area (Å²) in [6.45, 7) is -0.105. The molecule has 2 N–H and O–H groups in total. The first-order chi connectivity index (χ1) is 12.6. The second kappa shape index (κ2) is 7.33. The zero-order chi connectivity index (χ0) is 18.7. The van der Waals surface area contributed by atoms with Gasteiger partial charge in [0, 0.05) is 22.6 Å². The van der Waals surface area contributed by atoms with Crippen LogP contribution in [-0.2, 0) is 0 Å². The Hall–Kier alpha value is -3.25. The van der Waals surface area contributed by atoms with Crippen LogP contribution >= 0.6 is 0 Å². The van der Waals surface area contributed by atoms with E-state index in [0.717, 1.165) is 6.29 Å². The number of hydrogen-bond acceptors (Lipinski definition) is 6. The molecule has 1 heterocycles. The molecule has 0 aliphatic heterocycles. The fraction of sp³-hybridized carbons (Fsp3) is 0.150. The molecule has 2 aromatic carbocycles. The first kappa shape index (κ1) is 17.6. The third-order valence-corrected chi connectivity index (χ3v) is 4.04. The fourth-order valence-corrected chi connectivity index (χ4v) is 2.80. The summed E-state index contributed by atoms with van der Waals surface area (Å²) in [5, 5.41) is 19.4. The molecule has 0 saturated carbocycles. The highest BCUT2D eigenvalue weighted by Crippen LogP contribution is 2.39. The number of rotatable bonds is 6. The van der Waals surface area contributed by atoms with Crippen molar-refractivity contribution in [2.75, 3.05) is 20.8 Å². The summed E-state index contributed by atoms with van der Waals surface area (Å²) >= 11 is 0. The van der Waals surface area contributed by atoms with E-state index >= 15 is 0 Å². The Morgan fingerprint density at radius 1 is 1.12 bits per heavy atom. The van der Waals surface area contributed by atoms with E-state index in [1.165, 1.54) is 20.3 Å². The van der Waals surface area contributed by atoms with Gasteiger partial charge in [0.25, 0.3) is 0 Å². The number of aromatic hydroxyl groups is 1. The van der Waals surface area contributed by atoms with Crippen LogP contribution in [0.3, 0.4) is 0 Å². The molecule has 6 nitrogen and oxygen atoms in total. The third kappa shape index (κ3) is 3.02. The molecule has 3 rings (SSSR count). The Morgan fingerprint density at radius 3 is 2.54 bits per heavy atom. The van der Waals surface area contributed by atoms with Crippen LogP contribution in [0.1, 0.15) is 15.9 Å². The number of aliphatic hydroxyl groups is 1. The topological polar surface area (TPSA) is 89.1 Å². The summed E-state index contributed by atoms with van der Waals surface area (Å²) in [4.78, 5) is 11.7. The number of aldehydes is 1. The van der Waals surface area contributed by atoms with Gasteiger partial charge in [-0.2, -0.15) is 0 Å². The maximum Gasteiger partial charge on any atom is 0.161 e. The summed E-state index contributed by atoms with van der Waals surface area (Å²) < 4.78 is 16.4. The molecule has 0 aliphatic carbocycles. The molecule has 0 aliphatic rings. The van der Waals surface area contributed by atoms with Gasteiger partial charge in [0.1, 0.15) is 17.1 Å². The number of carbonyl (C=O) groups is 1. The molecule has 0 fully saturated rings. The van der Waals surface area contributed by atoms with Gasteiger partial charge < -0.3 is 24.1 Å². The van der Waals surface area contributed by atoms with Gasteiger partial charge in [0.2, 0.25) is 0 Å². The van der Waals surface area contributed by atoms with E-state index in [2.05, 4.69) is 0 Å². The van der Waals surface area contributed by atoms with Gasteiger partial charge >= 0.3 is 0 Å². The maximum atomic E-state index is 11.7. The minimum atomic E-state index is -0.105. The highest BCUT2D eigenvalue weighted by molar-refractivity contribution is 6.04. The number of ether oxygens (including phenoxy) is 2. The van der Waals surface area contributed by atoms with Crippen molar-refractivity contribution in [1.82, 2.24) is 0 Å². The van der Waals surface area contributed by atoms with E-state index in [1.54, 1.807) is 36.4 Å². The normalized spacial score (nSPS) is 11.2. The van der Waals surface area contributed by atoms with Crippen LogP contribution in [0.4, 0.5) is 0 Å². The van der Waals surface area contributed by atoms with Crippen molar-refractivity contribution in [2.24, 2.45) is 0 Å². The Kier molecular flexibility index (Phi) is 4.95. The molecule has 0 spiro atoms. The first-order valence-corrected chi connectivity index (χ1v) is 7.87. The van der Waals surface area contributed by atoms with Crippen LogP contribution in [0.25, 0.3) is 28.4 Å². The average Bonchev–Trinajstić information content (AvgIpc) is 3.03. The van der Waals surface area contributed by atoms with Gasteiger partial charge in [-0.1, -0.05) is 12.2 Å². The second-order valence-electron chi connectivity index (χ2n) is 5.52. The minimum Gasteiger partial charge on any atom is -0.504 e. The summed E-state index contributed by atoms with van der Waals surface area (Å²) in [6.07, 6.45) is 4.02. The van der Waals surface area contributed by atoms with E-state index in [9.17, 15) is 9.90 Å². The lowest BCUT2D eigenvalue weighted by atomic mass is 10.0. The standard InChI is InChI=1S/C20H18O6/c1-24-17-10-18-14(8-12(17)4-3-7-21)15(11-22)20(26-18)13-5-6-16(23)19(9-13)25-2/h3-6,8-11,21,23H,7H2,1-2H3/b4-3+. The molecule has 3 aromatic rings. The Labute approximate surface area is 149 Å². The largest absolute Gasteiger partial charge is 0.504 e. The number of furan rings is 1. The Bertz CT molecular complexity index is 984. The number of carbonyl (C=O) groups excluding carboxylic acids is 1. The molecular formula is C20H18O6. The third-order valence-electron chi connectivity index (χ3n) is 4.04. The highest BCUT2D eigenvalue weighted by atomic mass is 16.5. The van der Waals surface area contributed by atoms with Gasteiger partial charge in [-0.25, -0.2) is 0 Å². The number of hydrogen-bond donors (Lipinski definition) is 2. The Morgan fingerprint density at radius 2 is 1.88 bits per heavy atom. The number of benzene rings is 2. The van der Waals surface area contributed by atoms with Crippen LogP contribution < -0.4 is 9.47 Å². The molecule has 26 heavy (non-hydrogen) atoms. The minimum absolute atomic E-state index is 0.00175. The summed E-state index contributed by atoms with van der Waals surface area (Å²) in [5.41, 5.74) is 2.19. The predicted octanol–water partition coefficient (Wildman–Crippen LogP) is 3.64. The van der Waals surface area contributed by atoms with Crippen LogP contribution in [0.5, 0.6) is 17.2 Å². The highest BCUT2D eigenvalue weighted by Gasteiger charge is 2.19. The lowest BCUT2D eigenvalue weighted by Gasteiger charge is -2.05. The molecule has 1 aromatic heterocycles. The molecule has 0 radical (unpaired) electrons. The first-order valence-electron chi connectivity index (χ1n) is 7.87. The van der Waals surface area contributed by atoms with Gasteiger partial charge in [-0.15, -0.1) is 0 Å². The molecule has 0 atom stereocenters. The van der Waals surface area contributed by atoms with Crippen LogP contribution in [0.15, 0.2) is 40.8 Å². The van der Waals surface area contributed by atoms with Crippen molar-refractivity contribution in [3.8, 4) is 28.6 Å². The molecule has 0 amide bonds. The van der Waals surface area contributed by atoms with Crippen molar-refractivity contribution in [2.45, 2.75) is 0 Å². The van der Waals surface area contributed by atoms with Crippen molar-refractivity contribution < 1.29 is 28.9 Å². The van der Waals surface area contributed by atoms with Crippen LogP contribution in [0, 0.1) is 0 Å². The van der Waals surface area contributed by atoms with E-state index < -0.39 is 0 Å². The van der Waals surface area contributed by atoms with Gasteiger partial charge in [0.15, 0.2) is 17.8 Å². The second-order valence-corrected chi connectivity index (χ2v) is 5.52. The molecule has 0 bridgehead atoms. The van der Waals surface area contributed by atoms with Crippen molar-refractivity contribution in [1.29, 1.82) is 0 Å². The van der Waals surface area contributed by atoms with Gasteiger partial charge in [-0.05, 0) is 24.3 Å². The van der Waals surface area contributed by atoms with E-state index in [1.807, 2.05) is 0 Å². The zero-order valence-corrected chi connectivity index (χ0v) is 14.4. The maximum absolute atomic E-state index is 11.7.